The molecule has 0 spiro atoms. The Kier molecular flexibility index (Phi) is 7.07. The summed E-state index contributed by atoms with van der Waals surface area (Å²) in [7, 11) is -3.63. The van der Waals surface area contributed by atoms with Gasteiger partial charge in [-0.25, -0.2) is 8.42 Å². The Balaban J connectivity index is 1.57. The molecule has 1 atom stereocenters. The molecular weight excluding hydrogens is 410 g/mol. The smallest absolute Gasteiger partial charge is 0.319 e. The number of carboxylic acid groups (broad SMARTS) is 1. The second-order valence-electron chi connectivity index (χ2n) is 6.87. The van der Waals surface area contributed by atoms with Crippen molar-refractivity contribution >= 4 is 21.8 Å². The van der Waals surface area contributed by atoms with E-state index in [2.05, 4.69) is 5.32 Å². The molecule has 9 heteroatoms. The topological polar surface area (TPSA) is 119 Å². The lowest BCUT2D eigenvalue weighted by atomic mass is 10.0. The van der Waals surface area contributed by atoms with E-state index in [-0.39, 0.29) is 35.6 Å². The molecule has 0 saturated heterocycles. The number of nitrogens with one attached hydrogen (secondary N) is 1. The number of esters is 1. The number of fused-ring (bicyclic) bond motifs is 1. The van der Waals surface area contributed by atoms with Crippen LogP contribution in [0.4, 0.5) is 0 Å². The number of aryl methyl sites for hydroxylation is 1. The zero-order chi connectivity index (χ0) is 21.6. The molecule has 0 aromatic heterocycles. The van der Waals surface area contributed by atoms with E-state index in [1.54, 1.807) is 48.5 Å². The number of hydrogen-bond donors (Lipinski definition) is 2. The summed E-state index contributed by atoms with van der Waals surface area (Å²) in [6.07, 6.45) is 1.72. The zero-order valence-corrected chi connectivity index (χ0v) is 17.1. The summed E-state index contributed by atoms with van der Waals surface area (Å²) in [4.78, 5) is 22.4. The van der Waals surface area contributed by atoms with Crippen LogP contribution in [0.3, 0.4) is 0 Å². The van der Waals surface area contributed by atoms with Gasteiger partial charge in [0.05, 0.1) is 29.5 Å². The second-order valence-corrected chi connectivity index (χ2v) is 8.82. The number of carbonyl (C=O) groups is 2. The molecule has 0 amide bonds. The summed E-state index contributed by atoms with van der Waals surface area (Å²) in [5, 5.41) is 11.0. The van der Waals surface area contributed by atoms with Crippen molar-refractivity contribution in [3.63, 3.8) is 0 Å². The van der Waals surface area contributed by atoms with Crippen molar-refractivity contribution < 1.29 is 32.6 Å². The lowest BCUT2D eigenvalue weighted by Crippen LogP contribution is -2.30. The first-order valence-corrected chi connectivity index (χ1v) is 11.0. The van der Waals surface area contributed by atoms with Crippen LogP contribution in [0.1, 0.15) is 18.4 Å². The number of ether oxygens (including phenoxy) is 2. The van der Waals surface area contributed by atoms with Gasteiger partial charge in [0.1, 0.15) is 11.9 Å². The fraction of sp³-hybridized carbons (Fsp3) is 0.333. The number of carboxylic acids is 1. The number of benzene rings is 2. The first-order valence-electron chi connectivity index (χ1n) is 9.54. The zero-order valence-electron chi connectivity index (χ0n) is 16.2. The van der Waals surface area contributed by atoms with Crippen molar-refractivity contribution in [2.45, 2.75) is 35.2 Å². The molecule has 2 aromatic rings. The van der Waals surface area contributed by atoms with E-state index < -0.39 is 21.8 Å². The number of hydrogen-bond acceptors (Lipinski definition) is 7. The van der Waals surface area contributed by atoms with Gasteiger partial charge in [-0.05, 0) is 42.7 Å². The van der Waals surface area contributed by atoms with Crippen molar-refractivity contribution in [1.29, 1.82) is 0 Å². The third-order valence-electron chi connectivity index (χ3n) is 4.68. The quantitative estimate of drug-likeness (QED) is 0.575. The number of aliphatic carboxylic acids is 1. The van der Waals surface area contributed by atoms with Gasteiger partial charge >= 0.3 is 11.9 Å². The van der Waals surface area contributed by atoms with Crippen LogP contribution in [0, 0.1) is 0 Å². The fourth-order valence-corrected chi connectivity index (χ4v) is 4.44. The maximum absolute atomic E-state index is 12.8. The van der Waals surface area contributed by atoms with Crippen LogP contribution in [-0.2, 0) is 30.6 Å². The molecule has 1 heterocycles. The third kappa shape index (κ3) is 5.58. The van der Waals surface area contributed by atoms with E-state index >= 15 is 0 Å². The highest BCUT2D eigenvalue weighted by Gasteiger charge is 2.24. The highest BCUT2D eigenvalue weighted by molar-refractivity contribution is 7.91. The largest absolute Gasteiger partial charge is 0.490 e. The summed E-state index contributed by atoms with van der Waals surface area (Å²) < 4.78 is 36.7. The van der Waals surface area contributed by atoms with Gasteiger partial charge in [-0.3, -0.25) is 14.9 Å². The third-order valence-corrected chi connectivity index (χ3v) is 6.45. The Morgan fingerprint density at radius 1 is 1.10 bits per heavy atom. The van der Waals surface area contributed by atoms with Crippen molar-refractivity contribution in [3.05, 3.63) is 54.1 Å². The van der Waals surface area contributed by atoms with Crippen molar-refractivity contribution in [2.75, 3.05) is 19.7 Å². The summed E-state index contributed by atoms with van der Waals surface area (Å²) in [6.45, 7) is -0.358. The summed E-state index contributed by atoms with van der Waals surface area (Å²) in [6, 6.07) is 13.1. The summed E-state index contributed by atoms with van der Waals surface area (Å²) in [5.74, 6) is -1.06. The molecule has 1 aliphatic heterocycles. The minimum Gasteiger partial charge on any atom is -0.490 e. The van der Waals surface area contributed by atoms with E-state index in [9.17, 15) is 18.0 Å². The Labute approximate surface area is 174 Å². The molecular formula is C21H23NO7S. The van der Waals surface area contributed by atoms with Crippen LogP contribution in [0.25, 0.3) is 0 Å². The minimum absolute atomic E-state index is 0.135. The Morgan fingerprint density at radius 3 is 2.60 bits per heavy atom. The van der Waals surface area contributed by atoms with E-state index in [0.717, 1.165) is 18.4 Å². The van der Waals surface area contributed by atoms with Crippen molar-refractivity contribution in [1.82, 2.24) is 5.32 Å². The molecule has 3 rings (SSSR count). The van der Waals surface area contributed by atoms with Crippen molar-refractivity contribution in [2.24, 2.45) is 0 Å². The van der Waals surface area contributed by atoms with E-state index in [1.807, 2.05) is 0 Å². The van der Waals surface area contributed by atoms with Crippen molar-refractivity contribution in [3.8, 4) is 5.75 Å². The predicted molar refractivity (Wildman–Crippen MR) is 107 cm³/mol. The maximum atomic E-state index is 12.8. The Hall–Kier alpha value is -2.91. The highest BCUT2D eigenvalue weighted by Crippen LogP contribution is 2.32. The van der Waals surface area contributed by atoms with Crippen LogP contribution < -0.4 is 10.1 Å². The molecule has 0 aliphatic carbocycles. The summed E-state index contributed by atoms with van der Waals surface area (Å²) >= 11 is 0. The lowest BCUT2D eigenvalue weighted by Gasteiger charge is -2.26. The molecule has 2 aromatic carbocycles. The number of sulfone groups is 1. The predicted octanol–water partition coefficient (Wildman–Crippen LogP) is 1.82. The minimum atomic E-state index is -3.63. The van der Waals surface area contributed by atoms with Gasteiger partial charge in [-0.2, -0.15) is 0 Å². The second kappa shape index (κ2) is 9.73. The van der Waals surface area contributed by atoms with Gasteiger partial charge in [0.25, 0.3) is 0 Å². The Morgan fingerprint density at radius 2 is 1.87 bits per heavy atom. The Bertz CT molecular complexity index is 1010. The van der Waals surface area contributed by atoms with Gasteiger partial charge < -0.3 is 14.6 Å². The van der Waals surface area contributed by atoms with Gasteiger partial charge in [0.15, 0.2) is 0 Å². The molecule has 0 fully saturated rings. The normalized spacial score (nSPS) is 15.7. The van der Waals surface area contributed by atoms with Crippen LogP contribution in [0.2, 0.25) is 0 Å². The molecule has 2 N–H and O–H groups in total. The van der Waals surface area contributed by atoms with Crippen LogP contribution in [-0.4, -0.2) is 51.3 Å². The highest BCUT2D eigenvalue weighted by atomic mass is 32.2. The molecule has 0 saturated carbocycles. The molecule has 8 nitrogen and oxygen atoms in total. The van der Waals surface area contributed by atoms with Gasteiger partial charge in [0.2, 0.25) is 9.84 Å². The number of carbonyl (C=O) groups excluding carboxylic acids is 1. The maximum Gasteiger partial charge on any atom is 0.319 e. The standard InChI is InChI=1S/C21H23NO7S/c23-20(24)13-22-14-21(25)28-11-10-16-8-6-15-7-9-18(12-19(15)29-16)30(26,27)17-4-2-1-3-5-17/h1-5,7,9,12,16,22H,6,8,10-11,13-14H2,(H,23,24). The molecule has 0 radical (unpaired) electrons. The first-order chi connectivity index (χ1) is 14.4. The monoisotopic (exact) mass is 433 g/mol. The molecule has 1 aliphatic rings. The summed E-state index contributed by atoms with van der Waals surface area (Å²) in [5.41, 5.74) is 0.938. The van der Waals surface area contributed by atoms with E-state index in [1.165, 1.54) is 0 Å². The van der Waals surface area contributed by atoms with Crippen LogP contribution in [0.15, 0.2) is 58.3 Å². The van der Waals surface area contributed by atoms with Crippen LogP contribution in [0.5, 0.6) is 5.75 Å². The fourth-order valence-electron chi connectivity index (χ4n) is 3.14. The first kappa shape index (κ1) is 21.8. The van der Waals surface area contributed by atoms with E-state index in [0.29, 0.717) is 12.2 Å². The molecule has 1 unspecified atom stereocenters. The average molecular weight is 433 g/mol. The molecule has 0 bridgehead atoms. The van der Waals surface area contributed by atoms with E-state index in [4.69, 9.17) is 14.6 Å². The van der Waals surface area contributed by atoms with Gasteiger partial charge in [-0.15, -0.1) is 0 Å². The van der Waals surface area contributed by atoms with Crippen LogP contribution >= 0.6 is 0 Å². The van der Waals surface area contributed by atoms with Gasteiger partial charge in [0, 0.05) is 6.42 Å². The SMILES string of the molecule is O=C(O)CNCC(=O)OCCC1CCc2ccc(S(=O)(=O)c3ccccc3)cc2O1. The molecule has 160 valence electrons. The lowest BCUT2D eigenvalue weighted by molar-refractivity contribution is -0.143. The molecule has 30 heavy (non-hydrogen) atoms. The number of rotatable bonds is 9. The van der Waals surface area contributed by atoms with Gasteiger partial charge in [-0.1, -0.05) is 24.3 Å². The average Bonchev–Trinajstić information content (AvgIpc) is 2.73.